The molecule has 0 aliphatic carbocycles. The highest BCUT2D eigenvalue weighted by atomic mass is 19.1. The molecule has 0 atom stereocenters. The van der Waals surface area contributed by atoms with Gasteiger partial charge in [-0.15, -0.1) is 0 Å². The minimum Gasteiger partial charge on any atom is -0.478 e. The zero-order valence-corrected chi connectivity index (χ0v) is 9.74. The molecule has 0 aliphatic heterocycles. The predicted octanol–water partition coefficient (Wildman–Crippen LogP) is 3.04. The average Bonchev–Trinajstić information content (AvgIpc) is 2.76. The van der Waals surface area contributed by atoms with Crippen molar-refractivity contribution in [2.24, 2.45) is 0 Å². The zero-order valence-electron chi connectivity index (χ0n) is 9.74. The molecule has 1 aromatic carbocycles. The summed E-state index contributed by atoms with van der Waals surface area (Å²) in [6.07, 6.45) is 1.30. The van der Waals surface area contributed by atoms with Gasteiger partial charge >= 0.3 is 5.97 Å². The molecule has 5 heteroatoms. The van der Waals surface area contributed by atoms with Crippen molar-refractivity contribution in [3.05, 3.63) is 53.2 Å². The Hall–Kier alpha value is -2.30. The Labute approximate surface area is 103 Å². The second kappa shape index (κ2) is 4.91. The van der Waals surface area contributed by atoms with Crippen LogP contribution in [0.1, 0.15) is 21.7 Å². The lowest BCUT2D eigenvalue weighted by Crippen LogP contribution is -2.05. The van der Waals surface area contributed by atoms with E-state index in [0.717, 1.165) is 5.56 Å². The minimum atomic E-state index is -1.06. The van der Waals surface area contributed by atoms with Crippen LogP contribution in [0.25, 0.3) is 0 Å². The summed E-state index contributed by atoms with van der Waals surface area (Å²) in [7, 11) is 0. The van der Waals surface area contributed by atoms with Crippen LogP contribution in [0, 0.1) is 12.7 Å². The van der Waals surface area contributed by atoms with E-state index in [0.29, 0.717) is 5.69 Å². The maximum Gasteiger partial charge on any atom is 0.339 e. The van der Waals surface area contributed by atoms with E-state index >= 15 is 0 Å². The quantitative estimate of drug-likeness (QED) is 0.874. The van der Waals surface area contributed by atoms with Crippen LogP contribution in [0.3, 0.4) is 0 Å². The van der Waals surface area contributed by atoms with Crippen LogP contribution < -0.4 is 5.32 Å². The first-order chi connectivity index (χ1) is 8.58. The number of anilines is 1. The predicted molar refractivity (Wildman–Crippen MR) is 64.1 cm³/mol. The van der Waals surface area contributed by atoms with Gasteiger partial charge in [-0.3, -0.25) is 0 Å². The van der Waals surface area contributed by atoms with Crippen molar-refractivity contribution in [1.29, 1.82) is 0 Å². The Balaban J connectivity index is 2.11. The SMILES string of the molecule is Cc1ccc(NCc2occc2C(=O)O)c(F)c1. The van der Waals surface area contributed by atoms with E-state index in [9.17, 15) is 9.18 Å². The smallest absolute Gasteiger partial charge is 0.339 e. The van der Waals surface area contributed by atoms with E-state index in [-0.39, 0.29) is 23.7 Å². The van der Waals surface area contributed by atoms with Gasteiger partial charge in [-0.2, -0.15) is 0 Å². The number of nitrogens with one attached hydrogen (secondary N) is 1. The summed E-state index contributed by atoms with van der Waals surface area (Å²) in [5, 5.41) is 11.7. The molecule has 4 nitrogen and oxygen atoms in total. The van der Waals surface area contributed by atoms with E-state index in [4.69, 9.17) is 9.52 Å². The van der Waals surface area contributed by atoms with Crippen LogP contribution in [0.2, 0.25) is 0 Å². The Bertz CT molecular complexity index is 577. The Morgan fingerprint density at radius 1 is 1.44 bits per heavy atom. The maximum atomic E-state index is 13.5. The third-order valence-electron chi connectivity index (χ3n) is 2.54. The van der Waals surface area contributed by atoms with Gasteiger partial charge in [0.05, 0.1) is 18.5 Å². The molecule has 0 amide bonds. The first kappa shape index (κ1) is 12.2. The molecular formula is C13H12FNO3. The van der Waals surface area contributed by atoms with E-state index in [1.54, 1.807) is 19.1 Å². The number of hydrogen-bond donors (Lipinski definition) is 2. The summed E-state index contributed by atoms with van der Waals surface area (Å²) in [5.74, 6) is -1.18. The molecular weight excluding hydrogens is 237 g/mol. The first-order valence-electron chi connectivity index (χ1n) is 5.37. The molecule has 2 aromatic rings. The summed E-state index contributed by atoms with van der Waals surface area (Å²) >= 11 is 0. The number of carbonyl (C=O) groups is 1. The fourth-order valence-electron chi connectivity index (χ4n) is 1.61. The van der Waals surface area contributed by atoms with E-state index in [1.165, 1.54) is 18.4 Å². The van der Waals surface area contributed by atoms with Crippen molar-refractivity contribution >= 4 is 11.7 Å². The zero-order chi connectivity index (χ0) is 13.1. The van der Waals surface area contributed by atoms with Crippen molar-refractivity contribution in [3.63, 3.8) is 0 Å². The molecule has 0 fully saturated rings. The molecule has 2 rings (SSSR count). The molecule has 0 bridgehead atoms. The van der Waals surface area contributed by atoms with Crippen LogP contribution >= 0.6 is 0 Å². The summed E-state index contributed by atoms with van der Waals surface area (Å²) in [6.45, 7) is 1.91. The maximum absolute atomic E-state index is 13.5. The minimum absolute atomic E-state index is 0.0787. The van der Waals surface area contributed by atoms with Gasteiger partial charge in [0, 0.05) is 0 Å². The van der Waals surface area contributed by atoms with Crippen LogP contribution in [-0.4, -0.2) is 11.1 Å². The van der Waals surface area contributed by atoms with Gasteiger partial charge in [0.1, 0.15) is 17.1 Å². The van der Waals surface area contributed by atoms with Gasteiger partial charge in [-0.05, 0) is 30.7 Å². The van der Waals surface area contributed by atoms with Crippen molar-refractivity contribution < 1.29 is 18.7 Å². The summed E-state index contributed by atoms with van der Waals surface area (Å²) < 4.78 is 18.6. The number of aromatic carboxylic acids is 1. The van der Waals surface area contributed by atoms with Crippen molar-refractivity contribution in [2.45, 2.75) is 13.5 Å². The lowest BCUT2D eigenvalue weighted by molar-refractivity contribution is 0.0694. The molecule has 94 valence electrons. The van der Waals surface area contributed by atoms with Gasteiger partial charge in [0.2, 0.25) is 0 Å². The number of hydrogen-bond acceptors (Lipinski definition) is 3. The lowest BCUT2D eigenvalue weighted by Gasteiger charge is -2.07. The highest BCUT2D eigenvalue weighted by Crippen LogP contribution is 2.18. The monoisotopic (exact) mass is 249 g/mol. The fraction of sp³-hybridized carbons (Fsp3) is 0.154. The topological polar surface area (TPSA) is 62.5 Å². The molecule has 0 saturated heterocycles. The fourth-order valence-corrected chi connectivity index (χ4v) is 1.61. The Morgan fingerprint density at radius 2 is 2.22 bits per heavy atom. The van der Waals surface area contributed by atoms with Crippen molar-refractivity contribution in [2.75, 3.05) is 5.32 Å². The second-order valence-electron chi connectivity index (χ2n) is 3.90. The van der Waals surface area contributed by atoms with Gasteiger partial charge in [0.15, 0.2) is 0 Å². The molecule has 1 heterocycles. The normalized spacial score (nSPS) is 10.3. The Kier molecular flexibility index (Phi) is 3.32. The molecule has 0 unspecified atom stereocenters. The Morgan fingerprint density at radius 3 is 2.89 bits per heavy atom. The van der Waals surface area contributed by atoms with E-state index in [1.807, 2.05) is 0 Å². The first-order valence-corrected chi connectivity index (χ1v) is 5.37. The number of rotatable bonds is 4. The number of aryl methyl sites for hydroxylation is 1. The molecule has 18 heavy (non-hydrogen) atoms. The van der Waals surface area contributed by atoms with Crippen LogP contribution in [0.5, 0.6) is 0 Å². The molecule has 0 spiro atoms. The molecule has 1 aromatic heterocycles. The highest BCUT2D eigenvalue weighted by molar-refractivity contribution is 5.88. The van der Waals surface area contributed by atoms with Gasteiger partial charge in [-0.1, -0.05) is 6.07 Å². The van der Waals surface area contributed by atoms with Crippen LogP contribution in [-0.2, 0) is 6.54 Å². The summed E-state index contributed by atoms with van der Waals surface area (Å²) in [6, 6.07) is 6.15. The number of carboxylic acid groups (broad SMARTS) is 1. The standard InChI is InChI=1S/C13H12FNO3/c1-8-2-3-11(10(14)6-8)15-7-12-9(13(16)17)4-5-18-12/h2-6,15H,7H2,1H3,(H,16,17). The number of carboxylic acids is 1. The highest BCUT2D eigenvalue weighted by Gasteiger charge is 2.13. The van der Waals surface area contributed by atoms with Crippen molar-refractivity contribution in [3.8, 4) is 0 Å². The number of halogens is 1. The number of benzene rings is 1. The van der Waals surface area contributed by atoms with Crippen molar-refractivity contribution in [1.82, 2.24) is 0 Å². The lowest BCUT2D eigenvalue weighted by atomic mass is 10.2. The third-order valence-corrected chi connectivity index (χ3v) is 2.54. The summed E-state index contributed by atoms with van der Waals surface area (Å²) in [5.41, 5.74) is 1.21. The average molecular weight is 249 g/mol. The molecule has 2 N–H and O–H groups in total. The number of furan rings is 1. The van der Waals surface area contributed by atoms with E-state index < -0.39 is 5.97 Å². The molecule has 0 radical (unpaired) electrons. The van der Waals surface area contributed by atoms with Crippen LogP contribution in [0.15, 0.2) is 34.9 Å². The van der Waals surface area contributed by atoms with Gasteiger partial charge < -0.3 is 14.8 Å². The van der Waals surface area contributed by atoms with Crippen LogP contribution in [0.4, 0.5) is 10.1 Å². The van der Waals surface area contributed by atoms with Gasteiger partial charge in [-0.25, -0.2) is 9.18 Å². The van der Waals surface area contributed by atoms with E-state index in [2.05, 4.69) is 5.32 Å². The molecule has 0 aliphatic rings. The third kappa shape index (κ3) is 2.51. The largest absolute Gasteiger partial charge is 0.478 e. The summed E-state index contributed by atoms with van der Waals surface area (Å²) in [4.78, 5) is 10.8. The van der Waals surface area contributed by atoms with Gasteiger partial charge in [0.25, 0.3) is 0 Å². The molecule has 0 saturated carbocycles. The second-order valence-corrected chi connectivity index (χ2v) is 3.90.